The van der Waals surface area contributed by atoms with Crippen LogP contribution in [0.4, 0.5) is 0 Å². The number of ether oxygens (including phenoxy) is 1. The molecule has 4 nitrogen and oxygen atoms in total. The highest BCUT2D eigenvalue weighted by Gasteiger charge is 2.23. The Balaban J connectivity index is 2.04. The van der Waals surface area contributed by atoms with E-state index in [1.165, 1.54) is 0 Å². The van der Waals surface area contributed by atoms with Gasteiger partial charge in [-0.3, -0.25) is 10.1 Å². The SMILES string of the molecule is Cc1ccccc1C(NCC1CCCO1)C(=O)O. The van der Waals surface area contributed by atoms with Gasteiger partial charge in [-0.2, -0.15) is 0 Å². The molecule has 1 aromatic rings. The molecule has 1 fully saturated rings. The number of carbonyl (C=O) groups is 1. The van der Waals surface area contributed by atoms with Crippen LogP contribution in [0.5, 0.6) is 0 Å². The zero-order valence-corrected chi connectivity index (χ0v) is 10.6. The highest BCUT2D eigenvalue weighted by atomic mass is 16.5. The zero-order chi connectivity index (χ0) is 13.0. The molecule has 0 aliphatic carbocycles. The number of hydrogen-bond acceptors (Lipinski definition) is 3. The zero-order valence-electron chi connectivity index (χ0n) is 10.6. The van der Waals surface area contributed by atoms with Crippen molar-refractivity contribution in [3.63, 3.8) is 0 Å². The fourth-order valence-corrected chi connectivity index (χ4v) is 2.30. The molecule has 1 aliphatic rings. The Morgan fingerprint density at radius 1 is 1.56 bits per heavy atom. The van der Waals surface area contributed by atoms with Crippen LogP contribution in [0.1, 0.15) is 30.0 Å². The first-order chi connectivity index (χ1) is 8.68. The van der Waals surface area contributed by atoms with E-state index in [4.69, 9.17) is 4.74 Å². The summed E-state index contributed by atoms with van der Waals surface area (Å²) in [4.78, 5) is 11.4. The number of hydrogen-bond donors (Lipinski definition) is 2. The molecular weight excluding hydrogens is 230 g/mol. The number of rotatable bonds is 5. The molecular formula is C14H19NO3. The topological polar surface area (TPSA) is 58.6 Å². The van der Waals surface area contributed by atoms with Gasteiger partial charge in [0.05, 0.1) is 6.10 Å². The van der Waals surface area contributed by atoms with E-state index in [-0.39, 0.29) is 6.10 Å². The number of carboxylic acid groups (broad SMARTS) is 1. The van der Waals surface area contributed by atoms with Crippen LogP contribution in [0.15, 0.2) is 24.3 Å². The minimum absolute atomic E-state index is 0.149. The number of aryl methyl sites for hydroxylation is 1. The molecule has 4 heteroatoms. The van der Waals surface area contributed by atoms with Crippen molar-refractivity contribution in [2.75, 3.05) is 13.2 Å². The van der Waals surface area contributed by atoms with Gasteiger partial charge in [-0.05, 0) is 30.9 Å². The van der Waals surface area contributed by atoms with E-state index >= 15 is 0 Å². The molecule has 2 rings (SSSR count). The first-order valence-corrected chi connectivity index (χ1v) is 6.32. The normalized spacial score (nSPS) is 20.8. The first-order valence-electron chi connectivity index (χ1n) is 6.32. The lowest BCUT2D eigenvalue weighted by atomic mass is 10.0. The summed E-state index contributed by atoms with van der Waals surface area (Å²) in [5.74, 6) is -0.845. The molecule has 1 heterocycles. The van der Waals surface area contributed by atoms with Gasteiger partial charge in [-0.25, -0.2) is 0 Å². The van der Waals surface area contributed by atoms with Crippen molar-refractivity contribution in [2.24, 2.45) is 0 Å². The molecule has 0 aromatic heterocycles. The maximum absolute atomic E-state index is 11.4. The van der Waals surface area contributed by atoms with Gasteiger partial charge in [0.2, 0.25) is 0 Å². The summed E-state index contributed by atoms with van der Waals surface area (Å²) in [7, 11) is 0. The van der Waals surface area contributed by atoms with Crippen LogP contribution in [-0.2, 0) is 9.53 Å². The summed E-state index contributed by atoms with van der Waals surface area (Å²) in [6, 6.07) is 6.91. The van der Waals surface area contributed by atoms with Gasteiger partial charge in [0.1, 0.15) is 6.04 Å². The van der Waals surface area contributed by atoms with Crippen LogP contribution in [0.25, 0.3) is 0 Å². The summed E-state index contributed by atoms with van der Waals surface area (Å²) in [5, 5.41) is 12.4. The fourth-order valence-electron chi connectivity index (χ4n) is 2.30. The summed E-state index contributed by atoms with van der Waals surface area (Å²) in [6.45, 7) is 3.30. The largest absolute Gasteiger partial charge is 0.480 e. The van der Waals surface area contributed by atoms with E-state index in [1.54, 1.807) is 0 Å². The van der Waals surface area contributed by atoms with Crippen molar-refractivity contribution in [1.82, 2.24) is 5.32 Å². The first kappa shape index (κ1) is 13.1. The van der Waals surface area contributed by atoms with Gasteiger partial charge in [-0.1, -0.05) is 24.3 Å². The molecule has 18 heavy (non-hydrogen) atoms. The molecule has 1 aromatic carbocycles. The van der Waals surface area contributed by atoms with Gasteiger partial charge in [-0.15, -0.1) is 0 Å². The van der Waals surface area contributed by atoms with E-state index in [0.717, 1.165) is 30.6 Å². The van der Waals surface area contributed by atoms with Crippen molar-refractivity contribution >= 4 is 5.97 Å². The van der Waals surface area contributed by atoms with Crippen LogP contribution in [0, 0.1) is 6.92 Å². The van der Waals surface area contributed by atoms with Gasteiger partial charge in [0.15, 0.2) is 0 Å². The van der Waals surface area contributed by atoms with E-state index in [2.05, 4.69) is 5.32 Å². The highest BCUT2D eigenvalue weighted by Crippen LogP contribution is 2.19. The second-order valence-corrected chi connectivity index (χ2v) is 4.67. The van der Waals surface area contributed by atoms with Crippen molar-refractivity contribution in [1.29, 1.82) is 0 Å². The van der Waals surface area contributed by atoms with Crippen LogP contribution in [0.3, 0.4) is 0 Å². The monoisotopic (exact) mass is 249 g/mol. The molecule has 2 unspecified atom stereocenters. The van der Waals surface area contributed by atoms with Gasteiger partial charge < -0.3 is 9.84 Å². The quantitative estimate of drug-likeness (QED) is 0.836. The lowest BCUT2D eigenvalue weighted by Gasteiger charge is -2.19. The van der Waals surface area contributed by atoms with Crippen molar-refractivity contribution in [3.05, 3.63) is 35.4 Å². The number of aliphatic carboxylic acids is 1. The maximum atomic E-state index is 11.4. The second kappa shape index (κ2) is 5.98. The molecule has 2 atom stereocenters. The average Bonchev–Trinajstić information content (AvgIpc) is 2.84. The van der Waals surface area contributed by atoms with E-state index in [0.29, 0.717) is 6.54 Å². The minimum atomic E-state index is -0.845. The van der Waals surface area contributed by atoms with Crippen LogP contribution in [-0.4, -0.2) is 30.3 Å². The lowest BCUT2D eigenvalue weighted by Crippen LogP contribution is -2.34. The molecule has 1 saturated heterocycles. The Bertz CT molecular complexity index is 413. The summed E-state index contributed by atoms with van der Waals surface area (Å²) in [6.07, 6.45) is 2.22. The lowest BCUT2D eigenvalue weighted by molar-refractivity contribution is -0.139. The Morgan fingerprint density at radius 3 is 2.94 bits per heavy atom. The Morgan fingerprint density at radius 2 is 2.33 bits per heavy atom. The van der Waals surface area contributed by atoms with Gasteiger partial charge in [0.25, 0.3) is 0 Å². The standard InChI is InChI=1S/C14H19NO3/c1-10-5-2-3-7-12(10)13(14(16)17)15-9-11-6-4-8-18-11/h2-3,5,7,11,13,15H,4,6,8-9H2,1H3,(H,16,17). The average molecular weight is 249 g/mol. The minimum Gasteiger partial charge on any atom is -0.480 e. The molecule has 0 amide bonds. The van der Waals surface area contributed by atoms with Gasteiger partial charge >= 0.3 is 5.97 Å². The summed E-state index contributed by atoms with van der Waals surface area (Å²) < 4.78 is 5.49. The third-order valence-electron chi connectivity index (χ3n) is 3.32. The van der Waals surface area contributed by atoms with E-state index in [1.807, 2.05) is 31.2 Å². The molecule has 0 spiro atoms. The number of nitrogens with one attached hydrogen (secondary N) is 1. The second-order valence-electron chi connectivity index (χ2n) is 4.67. The van der Waals surface area contributed by atoms with Crippen LogP contribution >= 0.6 is 0 Å². The van der Waals surface area contributed by atoms with E-state index < -0.39 is 12.0 Å². The van der Waals surface area contributed by atoms with Crippen LogP contribution in [0.2, 0.25) is 0 Å². The van der Waals surface area contributed by atoms with Crippen molar-refractivity contribution in [2.45, 2.75) is 31.9 Å². The predicted molar refractivity (Wildman–Crippen MR) is 68.5 cm³/mol. The number of benzene rings is 1. The van der Waals surface area contributed by atoms with Crippen LogP contribution < -0.4 is 5.32 Å². The predicted octanol–water partition coefficient (Wildman–Crippen LogP) is 1.89. The third kappa shape index (κ3) is 3.09. The van der Waals surface area contributed by atoms with Gasteiger partial charge in [0, 0.05) is 13.2 Å². The highest BCUT2D eigenvalue weighted by molar-refractivity contribution is 5.76. The number of carboxylic acids is 1. The molecule has 0 radical (unpaired) electrons. The Hall–Kier alpha value is -1.39. The summed E-state index contributed by atoms with van der Waals surface area (Å²) in [5.41, 5.74) is 1.81. The molecule has 0 bridgehead atoms. The maximum Gasteiger partial charge on any atom is 0.325 e. The molecule has 1 aliphatic heterocycles. The Kier molecular flexibility index (Phi) is 4.33. The van der Waals surface area contributed by atoms with E-state index in [9.17, 15) is 9.90 Å². The summed E-state index contributed by atoms with van der Waals surface area (Å²) >= 11 is 0. The molecule has 2 N–H and O–H groups in total. The molecule has 98 valence electrons. The fraction of sp³-hybridized carbons (Fsp3) is 0.500. The smallest absolute Gasteiger partial charge is 0.325 e. The van der Waals surface area contributed by atoms with Crippen molar-refractivity contribution in [3.8, 4) is 0 Å². The molecule has 0 saturated carbocycles. The van der Waals surface area contributed by atoms with Crippen molar-refractivity contribution < 1.29 is 14.6 Å². The Labute approximate surface area is 107 Å². The third-order valence-corrected chi connectivity index (χ3v) is 3.32.